The summed E-state index contributed by atoms with van der Waals surface area (Å²) in [6.07, 6.45) is 1.61. The second-order valence-electron chi connectivity index (χ2n) is 4.42. The molecule has 1 aromatic carbocycles. The molecule has 0 aliphatic rings. The molecular formula is C13H20ClNO. The summed E-state index contributed by atoms with van der Waals surface area (Å²) < 4.78 is 5.17. The topological polar surface area (TPSA) is 35.2 Å². The molecule has 0 aliphatic heterocycles. The average molecular weight is 242 g/mol. The summed E-state index contributed by atoms with van der Waals surface area (Å²) in [5.41, 5.74) is 8.20. The minimum Gasteiger partial charge on any atom is -0.383 e. The SMILES string of the molecule is CCC(N)(COC)Cc1ccc(C)cc1Cl. The van der Waals surface area contributed by atoms with Gasteiger partial charge < -0.3 is 10.5 Å². The lowest BCUT2D eigenvalue weighted by Crippen LogP contribution is -2.45. The normalized spacial score (nSPS) is 14.8. The molecule has 1 rings (SSSR count). The van der Waals surface area contributed by atoms with E-state index in [1.807, 2.05) is 19.1 Å². The molecule has 1 aromatic rings. The number of halogens is 1. The van der Waals surface area contributed by atoms with Crippen molar-refractivity contribution in [2.24, 2.45) is 5.73 Å². The second-order valence-corrected chi connectivity index (χ2v) is 4.83. The molecule has 0 saturated carbocycles. The number of nitrogens with two attached hydrogens (primary N) is 1. The summed E-state index contributed by atoms with van der Waals surface area (Å²) in [6.45, 7) is 4.65. The quantitative estimate of drug-likeness (QED) is 0.860. The lowest BCUT2D eigenvalue weighted by Gasteiger charge is -2.27. The van der Waals surface area contributed by atoms with E-state index >= 15 is 0 Å². The molecule has 1 unspecified atom stereocenters. The van der Waals surface area contributed by atoms with Crippen LogP contribution in [0.4, 0.5) is 0 Å². The van der Waals surface area contributed by atoms with Crippen LogP contribution in [-0.4, -0.2) is 19.3 Å². The van der Waals surface area contributed by atoms with Gasteiger partial charge in [-0.1, -0.05) is 30.7 Å². The molecule has 2 nitrogen and oxygen atoms in total. The van der Waals surface area contributed by atoms with Crippen LogP contribution in [0.3, 0.4) is 0 Å². The van der Waals surface area contributed by atoms with Crippen LogP contribution in [0.2, 0.25) is 5.02 Å². The molecule has 1 atom stereocenters. The highest BCUT2D eigenvalue weighted by atomic mass is 35.5. The fourth-order valence-corrected chi connectivity index (χ4v) is 2.04. The largest absolute Gasteiger partial charge is 0.383 e. The van der Waals surface area contributed by atoms with Crippen LogP contribution in [0.5, 0.6) is 0 Å². The van der Waals surface area contributed by atoms with E-state index in [1.165, 1.54) is 5.56 Å². The number of rotatable bonds is 5. The van der Waals surface area contributed by atoms with Gasteiger partial charge in [0.05, 0.1) is 6.61 Å². The standard InChI is InChI=1S/C13H20ClNO/c1-4-13(15,9-16-3)8-11-6-5-10(2)7-12(11)14/h5-7H,4,8-9,15H2,1-3H3. The molecule has 0 fully saturated rings. The van der Waals surface area contributed by atoms with Crippen molar-refractivity contribution in [1.29, 1.82) is 0 Å². The Labute approximate surface area is 103 Å². The van der Waals surface area contributed by atoms with Crippen molar-refractivity contribution in [3.8, 4) is 0 Å². The van der Waals surface area contributed by atoms with Gasteiger partial charge in [-0.3, -0.25) is 0 Å². The van der Waals surface area contributed by atoms with E-state index in [4.69, 9.17) is 22.1 Å². The van der Waals surface area contributed by atoms with Crippen molar-refractivity contribution in [3.63, 3.8) is 0 Å². The van der Waals surface area contributed by atoms with E-state index in [0.717, 1.165) is 23.4 Å². The minimum atomic E-state index is -0.326. The van der Waals surface area contributed by atoms with Crippen LogP contribution in [0.25, 0.3) is 0 Å². The summed E-state index contributed by atoms with van der Waals surface area (Å²) in [4.78, 5) is 0. The van der Waals surface area contributed by atoms with Gasteiger partial charge in [-0.25, -0.2) is 0 Å². The fraction of sp³-hybridized carbons (Fsp3) is 0.538. The summed E-state index contributed by atoms with van der Waals surface area (Å²) >= 11 is 6.20. The third-order valence-electron chi connectivity index (χ3n) is 2.89. The second kappa shape index (κ2) is 5.67. The smallest absolute Gasteiger partial charge is 0.0645 e. The minimum absolute atomic E-state index is 0.326. The Hall–Kier alpha value is -0.570. The van der Waals surface area contributed by atoms with Gasteiger partial charge in [-0.05, 0) is 37.0 Å². The zero-order chi connectivity index (χ0) is 12.2. The maximum absolute atomic E-state index is 6.26. The van der Waals surface area contributed by atoms with Gasteiger partial charge in [-0.2, -0.15) is 0 Å². The van der Waals surface area contributed by atoms with Crippen molar-refractivity contribution >= 4 is 11.6 Å². The number of benzene rings is 1. The number of hydrogen-bond acceptors (Lipinski definition) is 2. The zero-order valence-corrected chi connectivity index (χ0v) is 11.0. The van der Waals surface area contributed by atoms with Crippen molar-refractivity contribution < 1.29 is 4.74 Å². The van der Waals surface area contributed by atoms with Crippen LogP contribution in [0.15, 0.2) is 18.2 Å². The fourth-order valence-electron chi connectivity index (χ4n) is 1.74. The lowest BCUT2D eigenvalue weighted by atomic mass is 9.90. The average Bonchev–Trinajstić information content (AvgIpc) is 2.23. The maximum atomic E-state index is 6.26. The van der Waals surface area contributed by atoms with Crippen molar-refractivity contribution in [2.45, 2.75) is 32.2 Å². The Bertz CT molecular complexity index is 354. The number of hydrogen-bond donors (Lipinski definition) is 1. The van der Waals surface area contributed by atoms with E-state index in [1.54, 1.807) is 7.11 Å². The van der Waals surface area contributed by atoms with Crippen LogP contribution < -0.4 is 5.73 Å². The molecule has 0 saturated heterocycles. The Morgan fingerprint density at radius 1 is 1.44 bits per heavy atom. The predicted octanol–water partition coefficient (Wildman–Crippen LogP) is 2.94. The lowest BCUT2D eigenvalue weighted by molar-refractivity contribution is 0.129. The van der Waals surface area contributed by atoms with E-state index in [9.17, 15) is 0 Å². The number of methoxy groups -OCH3 is 1. The molecule has 0 spiro atoms. The zero-order valence-electron chi connectivity index (χ0n) is 10.2. The Kier molecular flexibility index (Phi) is 4.78. The first kappa shape index (κ1) is 13.5. The van der Waals surface area contributed by atoms with E-state index < -0.39 is 0 Å². The highest BCUT2D eigenvalue weighted by Crippen LogP contribution is 2.23. The highest BCUT2D eigenvalue weighted by Gasteiger charge is 2.24. The van der Waals surface area contributed by atoms with E-state index in [2.05, 4.69) is 13.0 Å². The molecule has 90 valence electrons. The summed E-state index contributed by atoms with van der Waals surface area (Å²) in [6, 6.07) is 6.08. The van der Waals surface area contributed by atoms with Crippen molar-refractivity contribution in [2.75, 3.05) is 13.7 Å². The first-order valence-electron chi connectivity index (χ1n) is 5.53. The van der Waals surface area contributed by atoms with Gasteiger partial charge in [0.15, 0.2) is 0 Å². The molecule has 0 radical (unpaired) electrons. The molecule has 0 amide bonds. The monoisotopic (exact) mass is 241 g/mol. The van der Waals surface area contributed by atoms with Gasteiger partial charge in [0.1, 0.15) is 0 Å². The summed E-state index contributed by atoms with van der Waals surface area (Å²) in [5, 5.41) is 0.791. The van der Waals surface area contributed by atoms with Crippen LogP contribution >= 0.6 is 11.6 Å². The predicted molar refractivity (Wildman–Crippen MR) is 69.0 cm³/mol. The van der Waals surface area contributed by atoms with Crippen LogP contribution in [-0.2, 0) is 11.2 Å². The summed E-state index contributed by atoms with van der Waals surface area (Å²) in [5.74, 6) is 0. The molecule has 0 heterocycles. The van der Waals surface area contributed by atoms with Crippen LogP contribution in [0.1, 0.15) is 24.5 Å². The number of aryl methyl sites for hydroxylation is 1. The Balaban J connectivity index is 2.85. The van der Waals surface area contributed by atoms with E-state index in [0.29, 0.717) is 6.61 Å². The van der Waals surface area contributed by atoms with Gasteiger partial charge in [-0.15, -0.1) is 0 Å². The third-order valence-corrected chi connectivity index (χ3v) is 3.24. The third kappa shape index (κ3) is 3.48. The maximum Gasteiger partial charge on any atom is 0.0645 e. The molecule has 0 bridgehead atoms. The van der Waals surface area contributed by atoms with Gasteiger partial charge in [0.2, 0.25) is 0 Å². The van der Waals surface area contributed by atoms with Gasteiger partial charge in [0.25, 0.3) is 0 Å². The van der Waals surface area contributed by atoms with Gasteiger partial charge >= 0.3 is 0 Å². The van der Waals surface area contributed by atoms with E-state index in [-0.39, 0.29) is 5.54 Å². The first-order chi connectivity index (χ1) is 7.50. The highest BCUT2D eigenvalue weighted by molar-refractivity contribution is 6.31. The Morgan fingerprint density at radius 2 is 2.12 bits per heavy atom. The molecule has 0 aromatic heterocycles. The van der Waals surface area contributed by atoms with Crippen molar-refractivity contribution in [1.82, 2.24) is 0 Å². The molecular weight excluding hydrogens is 222 g/mol. The first-order valence-corrected chi connectivity index (χ1v) is 5.91. The summed E-state index contributed by atoms with van der Waals surface area (Å²) in [7, 11) is 1.67. The molecule has 2 N–H and O–H groups in total. The molecule has 3 heteroatoms. The van der Waals surface area contributed by atoms with Crippen molar-refractivity contribution in [3.05, 3.63) is 34.3 Å². The Morgan fingerprint density at radius 3 is 2.62 bits per heavy atom. The molecule has 0 aliphatic carbocycles. The van der Waals surface area contributed by atoms with Gasteiger partial charge in [0, 0.05) is 17.7 Å². The van der Waals surface area contributed by atoms with Crippen LogP contribution in [0, 0.1) is 6.92 Å². The number of ether oxygens (including phenoxy) is 1. The molecule has 16 heavy (non-hydrogen) atoms.